The summed E-state index contributed by atoms with van der Waals surface area (Å²) in [5.41, 5.74) is 5.28. The van der Waals surface area contributed by atoms with Crippen LogP contribution in [0.2, 0.25) is 0 Å². The van der Waals surface area contributed by atoms with Gasteiger partial charge in [0.25, 0.3) is 5.95 Å². The highest BCUT2D eigenvalue weighted by atomic mass is 16.6. The summed E-state index contributed by atoms with van der Waals surface area (Å²) in [5.74, 6) is -0.641. The lowest BCUT2D eigenvalue weighted by Crippen LogP contribution is -2.25. The number of carbonyl (C=O) groups excluding carboxylic acids is 1. The maximum Gasteiger partial charge on any atom is 0.349 e. The van der Waals surface area contributed by atoms with E-state index in [1.807, 2.05) is 0 Å². The van der Waals surface area contributed by atoms with E-state index in [0.717, 1.165) is 5.76 Å². The van der Waals surface area contributed by atoms with Crippen molar-refractivity contribution in [1.82, 2.24) is 0 Å². The number of nitrogens with zero attached hydrogens (tertiary/aromatic N) is 2. The van der Waals surface area contributed by atoms with Gasteiger partial charge in [-0.05, 0) is 32.9 Å². The van der Waals surface area contributed by atoms with Gasteiger partial charge in [-0.3, -0.25) is 0 Å². The molecule has 0 unspecified atom stereocenters. The van der Waals surface area contributed by atoms with Crippen molar-refractivity contribution in [3.8, 4) is 0 Å². The molecule has 8 nitrogen and oxygen atoms in total. The smallest absolute Gasteiger partial charge is 0.349 e. The minimum Gasteiger partial charge on any atom is -0.480 e. The molecule has 1 rings (SSSR count). The van der Waals surface area contributed by atoms with Gasteiger partial charge in [0.05, 0.1) is 19.4 Å². The lowest BCUT2D eigenvalue weighted by Gasteiger charge is -2.08. The minimum absolute atomic E-state index is 0.115. The molecular weight excluding hydrogens is 290 g/mol. The van der Waals surface area contributed by atoms with Gasteiger partial charge >= 0.3 is 5.97 Å². The van der Waals surface area contributed by atoms with Crippen LogP contribution in [0.4, 0.5) is 0 Å². The molecular formula is C14H19N3O5. The molecule has 0 aromatic carbocycles. The molecule has 8 heteroatoms. The summed E-state index contributed by atoms with van der Waals surface area (Å²) in [6, 6.07) is 3.46. The quantitative estimate of drug-likeness (QED) is 0.197. The van der Waals surface area contributed by atoms with Crippen LogP contribution in [0.15, 0.2) is 38.3 Å². The largest absolute Gasteiger partial charge is 0.480 e. The molecule has 0 saturated carbocycles. The second-order valence-electron chi connectivity index (χ2n) is 4.01. The van der Waals surface area contributed by atoms with E-state index in [-0.39, 0.29) is 24.6 Å². The van der Waals surface area contributed by atoms with Gasteiger partial charge in [-0.15, -0.1) is 5.10 Å². The maximum absolute atomic E-state index is 11.8. The number of aryl methyl sites for hydroxylation is 1. The van der Waals surface area contributed by atoms with E-state index in [2.05, 4.69) is 10.2 Å². The number of aliphatic hydroxyl groups excluding tert-OH is 1. The van der Waals surface area contributed by atoms with Crippen molar-refractivity contribution in [2.75, 3.05) is 13.2 Å². The molecule has 0 radical (unpaired) electrons. The van der Waals surface area contributed by atoms with Crippen LogP contribution < -0.4 is 5.73 Å². The fourth-order valence-electron chi connectivity index (χ4n) is 1.43. The van der Waals surface area contributed by atoms with Gasteiger partial charge in [0.15, 0.2) is 11.4 Å². The average molecular weight is 309 g/mol. The monoisotopic (exact) mass is 309 g/mol. The van der Waals surface area contributed by atoms with E-state index in [1.54, 1.807) is 32.9 Å². The summed E-state index contributed by atoms with van der Waals surface area (Å²) in [5, 5.41) is 17.1. The molecule has 0 bridgehead atoms. The SMILES string of the molecule is CCOC(=O)C(C(N)=NN=Cc1ccc(C)o1)=C(O)OCC. The van der Waals surface area contributed by atoms with Gasteiger partial charge in [0.2, 0.25) is 0 Å². The molecule has 0 fully saturated rings. The Morgan fingerprint density at radius 3 is 2.59 bits per heavy atom. The van der Waals surface area contributed by atoms with Gasteiger partial charge < -0.3 is 24.7 Å². The summed E-state index contributed by atoms with van der Waals surface area (Å²) in [6.07, 6.45) is 1.32. The first kappa shape index (κ1) is 17.3. The molecule has 0 aliphatic heterocycles. The number of furan rings is 1. The summed E-state index contributed by atoms with van der Waals surface area (Å²) < 4.78 is 14.9. The molecule has 0 saturated heterocycles. The first-order chi connectivity index (χ1) is 10.5. The first-order valence-electron chi connectivity index (χ1n) is 6.66. The van der Waals surface area contributed by atoms with Gasteiger partial charge in [0.1, 0.15) is 11.5 Å². The molecule has 120 valence electrons. The highest BCUT2D eigenvalue weighted by Crippen LogP contribution is 2.08. The highest BCUT2D eigenvalue weighted by molar-refractivity contribution is 6.18. The highest BCUT2D eigenvalue weighted by Gasteiger charge is 2.22. The molecule has 22 heavy (non-hydrogen) atoms. The summed E-state index contributed by atoms with van der Waals surface area (Å²) in [6.45, 7) is 5.32. The lowest BCUT2D eigenvalue weighted by molar-refractivity contribution is -0.138. The predicted molar refractivity (Wildman–Crippen MR) is 80.6 cm³/mol. The Morgan fingerprint density at radius 1 is 1.36 bits per heavy atom. The Morgan fingerprint density at radius 2 is 2.05 bits per heavy atom. The van der Waals surface area contributed by atoms with E-state index in [4.69, 9.17) is 19.6 Å². The van der Waals surface area contributed by atoms with Crippen LogP contribution >= 0.6 is 0 Å². The van der Waals surface area contributed by atoms with Crippen LogP contribution in [-0.4, -0.2) is 36.3 Å². The van der Waals surface area contributed by atoms with Crippen molar-refractivity contribution in [3.63, 3.8) is 0 Å². The Balaban J connectivity index is 2.98. The maximum atomic E-state index is 11.8. The second-order valence-corrected chi connectivity index (χ2v) is 4.01. The van der Waals surface area contributed by atoms with Crippen LogP contribution in [0.3, 0.4) is 0 Å². The minimum atomic E-state index is -0.848. The molecule has 0 amide bonds. The van der Waals surface area contributed by atoms with Crippen LogP contribution in [0.1, 0.15) is 25.4 Å². The van der Waals surface area contributed by atoms with Gasteiger partial charge in [0, 0.05) is 0 Å². The summed E-state index contributed by atoms with van der Waals surface area (Å²) in [4.78, 5) is 11.8. The average Bonchev–Trinajstić information content (AvgIpc) is 2.85. The Kier molecular flexibility index (Phi) is 6.68. The third-order valence-electron chi connectivity index (χ3n) is 2.34. The predicted octanol–water partition coefficient (Wildman–Crippen LogP) is 1.65. The summed E-state index contributed by atoms with van der Waals surface area (Å²) >= 11 is 0. The molecule has 0 spiro atoms. The van der Waals surface area contributed by atoms with Crippen LogP contribution in [0.25, 0.3) is 0 Å². The van der Waals surface area contributed by atoms with Crippen molar-refractivity contribution in [3.05, 3.63) is 35.2 Å². The fourth-order valence-corrected chi connectivity index (χ4v) is 1.43. The lowest BCUT2D eigenvalue weighted by atomic mass is 10.2. The van der Waals surface area contributed by atoms with Crippen molar-refractivity contribution >= 4 is 18.0 Å². The van der Waals surface area contributed by atoms with Crippen molar-refractivity contribution in [2.24, 2.45) is 15.9 Å². The van der Waals surface area contributed by atoms with Gasteiger partial charge in [-0.2, -0.15) is 5.10 Å². The van der Waals surface area contributed by atoms with Crippen molar-refractivity contribution < 1.29 is 23.8 Å². The number of esters is 1. The van der Waals surface area contributed by atoms with E-state index in [9.17, 15) is 9.90 Å². The molecule has 1 aromatic rings. The first-order valence-corrected chi connectivity index (χ1v) is 6.66. The topological polar surface area (TPSA) is 120 Å². The van der Waals surface area contributed by atoms with E-state index < -0.39 is 11.9 Å². The van der Waals surface area contributed by atoms with E-state index in [0.29, 0.717) is 5.76 Å². The second kappa shape index (κ2) is 8.50. The number of carbonyl (C=O) groups is 1. The molecule has 0 aliphatic carbocycles. The Labute approximate surface area is 127 Å². The number of nitrogens with two attached hydrogens (primary N) is 1. The number of amidine groups is 1. The molecule has 0 atom stereocenters. The Hall–Kier alpha value is -2.77. The molecule has 0 aliphatic rings. The number of hydrogen-bond acceptors (Lipinski definition) is 7. The molecule has 1 aromatic heterocycles. The van der Waals surface area contributed by atoms with Crippen molar-refractivity contribution in [1.29, 1.82) is 0 Å². The zero-order chi connectivity index (χ0) is 16.5. The zero-order valence-corrected chi connectivity index (χ0v) is 12.7. The van der Waals surface area contributed by atoms with E-state index >= 15 is 0 Å². The third-order valence-corrected chi connectivity index (χ3v) is 2.34. The van der Waals surface area contributed by atoms with Crippen LogP contribution in [-0.2, 0) is 14.3 Å². The zero-order valence-electron chi connectivity index (χ0n) is 12.7. The van der Waals surface area contributed by atoms with E-state index in [1.165, 1.54) is 6.21 Å². The normalized spacial score (nSPS) is 13.1. The number of ether oxygens (including phenoxy) is 2. The van der Waals surface area contributed by atoms with Gasteiger partial charge in [-0.25, -0.2) is 4.79 Å². The molecule has 1 heterocycles. The van der Waals surface area contributed by atoms with Crippen LogP contribution in [0.5, 0.6) is 0 Å². The van der Waals surface area contributed by atoms with Crippen LogP contribution in [0, 0.1) is 6.92 Å². The van der Waals surface area contributed by atoms with Gasteiger partial charge in [-0.1, -0.05) is 0 Å². The van der Waals surface area contributed by atoms with Crippen molar-refractivity contribution in [2.45, 2.75) is 20.8 Å². The number of aliphatic hydroxyl groups is 1. The fraction of sp³-hybridized carbons (Fsp3) is 0.357. The number of rotatable bonds is 7. The Bertz CT molecular complexity index is 601. The molecule has 3 N–H and O–H groups in total. The third kappa shape index (κ3) is 4.97. The standard InChI is InChI=1S/C14H19N3O5/c1-4-20-13(18)11(14(19)21-5-2)12(15)17-16-8-10-7-6-9(3)22-10/h6-8,18H,4-5H2,1-3H3,(H2,15,17). The summed E-state index contributed by atoms with van der Waals surface area (Å²) in [7, 11) is 0. The number of hydrogen-bond donors (Lipinski definition) is 2.